The Bertz CT molecular complexity index is 1510. The smallest absolute Gasteiger partial charge is 0.456 e. The van der Waals surface area contributed by atoms with E-state index in [9.17, 15) is 19.0 Å². The maximum Gasteiger partial charge on any atom is 0.472 e. The van der Waals surface area contributed by atoms with Crippen molar-refractivity contribution in [3.8, 4) is 0 Å². The number of carbonyl (C=O) groups is 2. The van der Waals surface area contributed by atoms with E-state index >= 15 is 0 Å². The highest BCUT2D eigenvalue weighted by molar-refractivity contribution is 7.47. The lowest BCUT2D eigenvalue weighted by molar-refractivity contribution is -0.870. The van der Waals surface area contributed by atoms with Crippen molar-refractivity contribution in [1.29, 1.82) is 0 Å². The van der Waals surface area contributed by atoms with Crippen LogP contribution < -0.4 is 5.32 Å². The van der Waals surface area contributed by atoms with E-state index in [4.69, 9.17) is 13.8 Å². The van der Waals surface area contributed by atoms with Crippen LogP contribution in [-0.2, 0) is 27.9 Å². The van der Waals surface area contributed by atoms with E-state index in [-0.39, 0.29) is 37.9 Å². The van der Waals surface area contributed by atoms with E-state index in [0.717, 1.165) is 77.0 Å². The third kappa shape index (κ3) is 56.0. The van der Waals surface area contributed by atoms with Gasteiger partial charge in [-0.05, 0) is 70.3 Å². The van der Waals surface area contributed by atoms with Crippen molar-refractivity contribution in [1.82, 2.24) is 5.32 Å². The predicted molar refractivity (Wildman–Crippen MR) is 323 cm³/mol. The lowest BCUT2D eigenvalue weighted by atomic mass is 10.0. The van der Waals surface area contributed by atoms with Gasteiger partial charge in [-0.25, -0.2) is 4.57 Å². The van der Waals surface area contributed by atoms with E-state index in [1.165, 1.54) is 161 Å². The number of hydrogen-bond donors (Lipinski definition) is 2. The number of unbranched alkanes of at least 4 members (excludes halogenated alkanes) is 30. The molecule has 1 amide bonds. The van der Waals surface area contributed by atoms with Crippen LogP contribution in [0.4, 0.5) is 0 Å². The molecule has 75 heavy (non-hydrogen) atoms. The molecule has 10 heteroatoms. The Balaban J connectivity index is 5.24. The standard InChI is InChI=1S/C65H119N2O7P/c1-7-10-13-16-19-22-25-27-29-31-32-33-34-36-38-40-43-46-49-52-55-58-65(69)74-63(56-53-50-47-44-41-24-21-18-15-12-9-3)62(61-73-75(70,71)72-60-59-67(4,5)6)66-64(68)57-54-51-48-45-42-39-37-35-30-28-26-23-20-17-14-11-8-2/h11,14,20,23,28,30,37,39,45,48,53,56,62-63H,7-10,12-13,15-19,21-22,24-27,29,31-36,38,40-44,46-47,49-52,54-55,57-61H2,1-6H3,(H-,66,68,70,71)/p+1/b14-11-,23-20-,30-28-,39-37-,48-45-,56-53+. The molecule has 0 saturated heterocycles. The van der Waals surface area contributed by atoms with Gasteiger partial charge in [-0.15, -0.1) is 0 Å². The highest BCUT2D eigenvalue weighted by atomic mass is 31.2. The number of allylic oxidation sites excluding steroid dienone is 11. The number of nitrogens with one attached hydrogen (secondary N) is 1. The van der Waals surface area contributed by atoms with Gasteiger partial charge in [0.05, 0.1) is 33.8 Å². The first-order valence-electron chi connectivity index (χ1n) is 31.3. The van der Waals surface area contributed by atoms with Crippen LogP contribution in [0.1, 0.15) is 278 Å². The van der Waals surface area contributed by atoms with Crippen LogP contribution in [0.3, 0.4) is 0 Å². The van der Waals surface area contributed by atoms with Gasteiger partial charge in [0.1, 0.15) is 19.3 Å². The molecule has 0 spiro atoms. The summed E-state index contributed by atoms with van der Waals surface area (Å²) in [4.78, 5) is 37.7. The number of quaternary nitrogens is 1. The van der Waals surface area contributed by atoms with E-state index in [1.54, 1.807) is 0 Å². The minimum absolute atomic E-state index is 0.0284. The van der Waals surface area contributed by atoms with E-state index in [1.807, 2.05) is 33.3 Å². The molecule has 0 aliphatic heterocycles. The van der Waals surface area contributed by atoms with Gasteiger partial charge in [-0.2, -0.15) is 0 Å². The minimum atomic E-state index is -4.46. The van der Waals surface area contributed by atoms with Crippen molar-refractivity contribution < 1.29 is 37.3 Å². The number of phosphoric acid groups is 1. The van der Waals surface area contributed by atoms with Crippen molar-refractivity contribution in [2.75, 3.05) is 40.9 Å². The zero-order valence-corrected chi connectivity index (χ0v) is 50.7. The molecule has 0 radical (unpaired) electrons. The second-order valence-corrected chi connectivity index (χ2v) is 23.7. The van der Waals surface area contributed by atoms with Gasteiger partial charge in [0.2, 0.25) is 5.91 Å². The summed E-state index contributed by atoms with van der Waals surface area (Å²) in [6.45, 7) is 6.87. The topological polar surface area (TPSA) is 111 Å². The quantitative estimate of drug-likeness (QED) is 0.0205. The molecule has 0 aliphatic carbocycles. The van der Waals surface area contributed by atoms with Crippen LogP contribution in [0.15, 0.2) is 72.9 Å². The molecule has 0 heterocycles. The molecular formula is C65H120N2O7P+. The molecule has 0 bridgehead atoms. The second kappa shape index (κ2) is 54.8. The van der Waals surface area contributed by atoms with Crippen molar-refractivity contribution in [2.45, 2.75) is 290 Å². The van der Waals surface area contributed by atoms with Gasteiger partial charge in [-0.1, -0.05) is 267 Å². The van der Waals surface area contributed by atoms with Crippen molar-refractivity contribution >= 4 is 19.7 Å². The normalized spacial score (nSPS) is 14.2. The first-order valence-corrected chi connectivity index (χ1v) is 32.8. The van der Waals surface area contributed by atoms with Crippen molar-refractivity contribution in [2.24, 2.45) is 0 Å². The molecule has 0 fully saturated rings. The fourth-order valence-electron chi connectivity index (χ4n) is 8.86. The Hall–Kier alpha value is -2.55. The maximum absolute atomic E-state index is 13.5. The Morgan fingerprint density at radius 2 is 0.867 bits per heavy atom. The minimum Gasteiger partial charge on any atom is -0.456 e. The average Bonchev–Trinajstić information content (AvgIpc) is 3.37. The maximum atomic E-state index is 13.5. The van der Waals surface area contributed by atoms with Gasteiger partial charge in [0, 0.05) is 12.8 Å². The summed E-state index contributed by atoms with van der Waals surface area (Å²) in [6, 6.07) is -0.878. The van der Waals surface area contributed by atoms with Gasteiger partial charge in [-0.3, -0.25) is 18.6 Å². The molecule has 0 aromatic heterocycles. The summed E-state index contributed by atoms with van der Waals surface area (Å²) in [7, 11) is 1.46. The second-order valence-electron chi connectivity index (χ2n) is 22.2. The summed E-state index contributed by atoms with van der Waals surface area (Å²) in [5.74, 6) is -0.568. The number of amides is 1. The molecule has 3 unspecified atom stereocenters. The number of carbonyl (C=O) groups excluding carboxylic acids is 2. The Kier molecular flexibility index (Phi) is 52.9. The zero-order valence-electron chi connectivity index (χ0n) is 49.8. The van der Waals surface area contributed by atoms with E-state index in [2.05, 4.69) is 86.8 Å². The number of nitrogens with zero attached hydrogens (tertiary/aromatic N) is 1. The third-order valence-electron chi connectivity index (χ3n) is 13.7. The van der Waals surface area contributed by atoms with Crippen LogP contribution >= 0.6 is 7.82 Å². The summed E-state index contributed by atoms with van der Waals surface area (Å²) in [5.41, 5.74) is 0. The first-order chi connectivity index (χ1) is 36.4. The molecule has 2 N–H and O–H groups in total. The van der Waals surface area contributed by atoms with Gasteiger partial charge in [0.15, 0.2) is 0 Å². The molecule has 0 rings (SSSR count). The number of phosphoric ester groups is 1. The molecule has 436 valence electrons. The van der Waals surface area contributed by atoms with Crippen LogP contribution in [0.25, 0.3) is 0 Å². The van der Waals surface area contributed by atoms with Gasteiger partial charge in [0.25, 0.3) is 0 Å². The number of esters is 1. The highest BCUT2D eigenvalue weighted by Crippen LogP contribution is 2.43. The largest absolute Gasteiger partial charge is 0.472 e. The first kappa shape index (κ1) is 72.5. The number of hydrogen-bond acceptors (Lipinski definition) is 6. The van der Waals surface area contributed by atoms with Crippen LogP contribution in [0.5, 0.6) is 0 Å². The van der Waals surface area contributed by atoms with Crippen molar-refractivity contribution in [3.63, 3.8) is 0 Å². The molecule has 0 saturated carbocycles. The SMILES string of the molecule is CC/C=C\C/C=C\C/C=C\C/C=C\C/C=C\CCCC(=O)NC(COP(=O)(O)OCC[N+](C)(C)C)C(/C=C/CCCCCCCCCCC)OC(=O)CCCCCCCCCCCCCCCCCCCCCCC. The summed E-state index contributed by atoms with van der Waals surface area (Å²) in [6.07, 6.45) is 70.6. The summed E-state index contributed by atoms with van der Waals surface area (Å²) in [5, 5.41) is 3.02. The summed E-state index contributed by atoms with van der Waals surface area (Å²) < 4.78 is 30.6. The predicted octanol–water partition coefficient (Wildman–Crippen LogP) is 19.2. The van der Waals surface area contributed by atoms with E-state index in [0.29, 0.717) is 17.4 Å². The highest BCUT2D eigenvalue weighted by Gasteiger charge is 2.30. The molecular weight excluding hydrogens is 952 g/mol. The third-order valence-corrected chi connectivity index (χ3v) is 14.6. The summed E-state index contributed by atoms with van der Waals surface area (Å²) >= 11 is 0. The molecule has 0 aromatic rings. The lowest BCUT2D eigenvalue weighted by Gasteiger charge is -2.27. The van der Waals surface area contributed by atoms with E-state index < -0.39 is 20.0 Å². The van der Waals surface area contributed by atoms with Crippen LogP contribution in [0.2, 0.25) is 0 Å². The number of likely N-dealkylation sites (N-methyl/N-ethyl adjacent to an activating group) is 1. The monoisotopic (exact) mass is 1070 g/mol. The van der Waals surface area contributed by atoms with Gasteiger partial charge < -0.3 is 19.4 Å². The molecule has 9 nitrogen and oxygen atoms in total. The Labute approximate surface area is 463 Å². The van der Waals surface area contributed by atoms with Crippen LogP contribution in [0, 0.1) is 0 Å². The lowest BCUT2D eigenvalue weighted by Crippen LogP contribution is -2.47. The molecule has 0 aromatic carbocycles. The van der Waals surface area contributed by atoms with Crippen molar-refractivity contribution in [3.05, 3.63) is 72.9 Å². The van der Waals surface area contributed by atoms with Gasteiger partial charge >= 0.3 is 13.8 Å². The Morgan fingerprint density at radius 1 is 0.480 bits per heavy atom. The zero-order chi connectivity index (χ0) is 55.0. The molecule has 3 atom stereocenters. The fraction of sp³-hybridized carbons (Fsp3) is 0.785. The number of rotatable bonds is 56. The Morgan fingerprint density at radius 3 is 1.29 bits per heavy atom. The average molecular weight is 1070 g/mol. The van der Waals surface area contributed by atoms with Crippen LogP contribution in [-0.4, -0.2) is 74.3 Å². The fourth-order valence-corrected chi connectivity index (χ4v) is 9.60. The molecule has 0 aliphatic rings. The number of ether oxygens (including phenoxy) is 1.